The van der Waals surface area contributed by atoms with Crippen molar-refractivity contribution >= 4 is 22.5 Å². The van der Waals surface area contributed by atoms with E-state index in [1.54, 1.807) is 12.1 Å². The van der Waals surface area contributed by atoms with Crippen LogP contribution >= 0.6 is 11.6 Å². The van der Waals surface area contributed by atoms with E-state index in [2.05, 4.69) is 4.98 Å². The highest BCUT2D eigenvalue weighted by Crippen LogP contribution is 2.39. The molecule has 0 spiro atoms. The Bertz CT molecular complexity index is 531. The van der Waals surface area contributed by atoms with Gasteiger partial charge in [0.2, 0.25) is 0 Å². The summed E-state index contributed by atoms with van der Waals surface area (Å²) in [6, 6.07) is 4.83. The summed E-state index contributed by atoms with van der Waals surface area (Å²) < 4.78 is 37.7. The van der Waals surface area contributed by atoms with Crippen LogP contribution in [0.3, 0.4) is 0 Å². The maximum absolute atomic E-state index is 12.6. The van der Waals surface area contributed by atoms with Crippen molar-refractivity contribution in [3.63, 3.8) is 0 Å². The largest absolute Gasteiger partial charge is 0.432 e. The van der Waals surface area contributed by atoms with Gasteiger partial charge in [0.15, 0.2) is 0 Å². The molecule has 0 saturated carbocycles. The molecule has 16 heavy (non-hydrogen) atoms. The van der Waals surface area contributed by atoms with Crippen LogP contribution in [-0.2, 0) is 12.7 Å². The smallest absolute Gasteiger partial charge is 0.350 e. The standard InChI is InChI=1S/C10H8ClF3N2/c11-8-7-5(4-15)2-1-3-6(7)16-9(8)10(12,13)14/h1-3,16H,4,15H2. The second kappa shape index (κ2) is 3.68. The van der Waals surface area contributed by atoms with Crippen molar-refractivity contribution in [1.82, 2.24) is 4.98 Å². The second-order valence-electron chi connectivity index (χ2n) is 3.36. The average Bonchev–Trinajstić information content (AvgIpc) is 2.56. The fourth-order valence-electron chi connectivity index (χ4n) is 1.64. The first-order chi connectivity index (χ1) is 7.45. The number of halogens is 4. The van der Waals surface area contributed by atoms with Gasteiger partial charge in [-0.2, -0.15) is 13.2 Å². The molecule has 1 aromatic carbocycles. The highest BCUT2D eigenvalue weighted by molar-refractivity contribution is 6.36. The zero-order chi connectivity index (χ0) is 11.9. The van der Waals surface area contributed by atoms with E-state index in [0.29, 0.717) is 16.5 Å². The summed E-state index contributed by atoms with van der Waals surface area (Å²) in [5.41, 5.74) is 5.46. The zero-order valence-corrected chi connectivity index (χ0v) is 8.78. The van der Waals surface area contributed by atoms with Crippen molar-refractivity contribution in [2.24, 2.45) is 5.73 Å². The quantitative estimate of drug-likeness (QED) is 0.799. The molecule has 0 unspecified atom stereocenters. The molecule has 0 aliphatic rings. The SMILES string of the molecule is NCc1cccc2[nH]c(C(F)(F)F)c(Cl)c12. The van der Waals surface area contributed by atoms with Gasteiger partial charge in [-0.05, 0) is 11.6 Å². The van der Waals surface area contributed by atoms with Gasteiger partial charge in [-0.15, -0.1) is 0 Å². The Morgan fingerprint density at radius 3 is 2.56 bits per heavy atom. The van der Waals surface area contributed by atoms with Crippen LogP contribution in [0.1, 0.15) is 11.3 Å². The minimum atomic E-state index is -4.48. The molecule has 3 N–H and O–H groups in total. The molecular formula is C10H8ClF3N2. The number of rotatable bonds is 1. The molecule has 0 bridgehead atoms. The minimum absolute atomic E-state index is 0.145. The Hall–Kier alpha value is -1.20. The van der Waals surface area contributed by atoms with Crippen molar-refractivity contribution in [3.8, 4) is 0 Å². The zero-order valence-electron chi connectivity index (χ0n) is 8.03. The van der Waals surface area contributed by atoms with Gasteiger partial charge in [0, 0.05) is 17.4 Å². The number of hydrogen-bond donors (Lipinski definition) is 2. The molecule has 2 rings (SSSR count). The van der Waals surface area contributed by atoms with Crippen LogP contribution in [0.2, 0.25) is 5.02 Å². The van der Waals surface area contributed by atoms with E-state index in [0.717, 1.165) is 0 Å². The van der Waals surface area contributed by atoms with Gasteiger partial charge in [-0.3, -0.25) is 0 Å². The Kier molecular flexibility index (Phi) is 2.59. The Balaban J connectivity index is 2.79. The summed E-state index contributed by atoms with van der Waals surface area (Å²) >= 11 is 5.72. The normalized spacial score (nSPS) is 12.3. The number of alkyl halides is 3. The molecular weight excluding hydrogens is 241 g/mol. The lowest BCUT2D eigenvalue weighted by molar-refractivity contribution is -0.140. The molecule has 0 amide bonds. The lowest BCUT2D eigenvalue weighted by Gasteiger charge is -2.03. The Morgan fingerprint density at radius 1 is 1.31 bits per heavy atom. The third kappa shape index (κ3) is 1.66. The Labute approximate surface area is 94.2 Å². The molecule has 2 aromatic rings. The summed E-state index contributed by atoms with van der Waals surface area (Å²) in [6.07, 6.45) is -4.48. The van der Waals surface area contributed by atoms with Gasteiger partial charge < -0.3 is 10.7 Å². The van der Waals surface area contributed by atoms with E-state index >= 15 is 0 Å². The van der Waals surface area contributed by atoms with Gasteiger partial charge in [-0.25, -0.2) is 0 Å². The number of aromatic nitrogens is 1. The van der Waals surface area contributed by atoms with E-state index in [9.17, 15) is 13.2 Å². The predicted octanol–water partition coefficient (Wildman–Crippen LogP) is 3.30. The van der Waals surface area contributed by atoms with Crippen LogP contribution in [0.4, 0.5) is 13.2 Å². The number of hydrogen-bond acceptors (Lipinski definition) is 1. The number of nitrogens with two attached hydrogens (primary N) is 1. The average molecular weight is 249 g/mol. The topological polar surface area (TPSA) is 41.8 Å². The molecule has 0 radical (unpaired) electrons. The summed E-state index contributed by atoms with van der Waals surface area (Å²) in [5.74, 6) is 0. The number of nitrogens with one attached hydrogen (secondary N) is 1. The minimum Gasteiger partial charge on any atom is -0.350 e. The van der Waals surface area contributed by atoms with Crippen molar-refractivity contribution in [2.75, 3.05) is 0 Å². The van der Waals surface area contributed by atoms with Crippen molar-refractivity contribution in [2.45, 2.75) is 12.7 Å². The molecule has 1 heterocycles. The van der Waals surface area contributed by atoms with Crippen molar-refractivity contribution in [3.05, 3.63) is 34.5 Å². The number of aromatic amines is 1. The van der Waals surface area contributed by atoms with Crippen molar-refractivity contribution < 1.29 is 13.2 Å². The lowest BCUT2D eigenvalue weighted by Crippen LogP contribution is -2.05. The van der Waals surface area contributed by atoms with Gasteiger partial charge >= 0.3 is 6.18 Å². The van der Waals surface area contributed by atoms with Crippen LogP contribution in [0, 0.1) is 0 Å². The van der Waals surface area contributed by atoms with Crippen LogP contribution in [-0.4, -0.2) is 4.98 Å². The van der Waals surface area contributed by atoms with Gasteiger partial charge in [0.25, 0.3) is 0 Å². The molecule has 0 fully saturated rings. The predicted molar refractivity (Wildman–Crippen MR) is 56.2 cm³/mol. The molecule has 0 aliphatic heterocycles. The highest BCUT2D eigenvalue weighted by Gasteiger charge is 2.36. The first-order valence-electron chi connectivity index (χ1n) is 4.51. The molecule has 0 atom stereocenters. The molecule has 2 nitrogen and oxygen atoms in total. The lowest BCUT2D eigenvalue weighted by atomic mass is 10.1. The number of benzene rings is 1. The van der Waals surface area contributed by atoms with Crippen LogP contribution in [0.15, 0.2) is 18.2 Å². The van der Waals surface area contributed by atoms with Crippen molar-refractivity contribution in [1.29, 1.82) is 0 Å². The molecule has 0 aliphatic carbocycles. The van der Waals surface area contributed by atoms with E-state index in [4.69, 9.17) is 17.3 Å². The summed E-state index contributed by atoms with van der Waals surface area (Å²) in [7, 11) is 0. The monoisotopic (exact) mass is 248 g/mol. The maximum atomic E-state index is 12.6. The van der Waals surface area contributed by atoms with E-state index in [1.807, 2.05) is 0 Å². The fourth-order valence-corrected chi connectivity index (χ4v) is 2.02. The number of fused-ring (bicyclic) bond motifs is 1. The van der Waals surface area contributed by atoms with Gasteiger partial charge in [0.05, 0.1) is 5.02 Å². The first kappa shape index (κ1) is 11.3. The summed E-state index contributed by atoms with van der Waals surface area (Å²) in [4.78, 5) is 2.27. The highest BCUT2D eigenvalue weighted by atomic mass is 35.5. The van der Waals surface area contributed by atoms with Gasteiger partial charge in [-0.1, -0.05) is 23.7 Å². The first-order valence-corrected chi connectivity index (χ1v) is 4.89. The second-order valence-corrected chi connectivity index (χ2v) is 3.73. The van der Waals surface area contributed by atoms with Crippen LogP contribution in [0.25, 0.3) is 10.9 Å². The maximum Gasteiger partial charge on any atom is 0.432 e. The molecule has 0 saturated heterocycles. The third-order valence-electron chi connectivity index (χ3n) is 2.35. The van der Waals surface area contributed by atoms with E-state index < -0.39 is 11.9 Å². The molecule has 1 aromatic heterocycles. The summed E-state index contributed by atoms with van der Waals surface area (Å²) in [6.45, 7) is 0.145. The molecule has 86 valence electrons. The summed E-state index contributed by atoms with van der Waals surface area (Å²) in [5, 5.41) is 0.0301. The Morgan fingerprint density at radius 2 is 2.00 bits per heavy atom. The third-order valence-corrected chi connectivity index (χ3v) is 2.73. The van der Waals surface area contributed by atoms with E-state index in [1.165, 1.54) is 6.07 Å². The van der Waals surface area contributed by atoms with Gasteiger partial charge in [0.1, 0.15) is 5.69 Å². The number of H-pyrrole nitrogens is 1. The van der Waals surface area contributed by atoms with E-state index in [-0.39, 0.29) is 11.6 Å². The molecule has 6 heteroatoms. The fraction of sp³-hybridized carbons (Fsp3) is 0.200. The van der Waals surface area contributed by atoms with Crippen LogP contribution in [0.5, 0.6) is 0 Å². The van der Waals surface area contributed by atoms with Crippen LogP contribution < -0.4 is 5.73 Å².